The van der Waals surface area contributed by atoms with E-state index in [-0.39, 0.29) is 0 Å². The molecule has 0 aromatic heterocycles. The first-order valence-electron chi connectivity index (χ1n) is 8.22. The van der Waals surface area contributed by atoms with Crippen LogP contribution in [0.25, 0.3) is 0 Å². The number of rotatable bonds is 6. The number of imide groups is 2. The summed E-state index contributed by atoms with van der Waals surface area (Å²) < 4.78 is 0. The van der Waals surface area contributed by atoms with Crippen LogP contribution in [0.3, 0.4) is 0 Å². The van der Waals surface area contributed by atoms with Crippen LogP contribution in [0.5, 0.6) is 0 Å². The fraction of sp³-hybridized carbons (Fsp3) is 0.412. The van der Waals surface area contributed by atoms with Crippen LogP contribution in [0.15, 0.2) is 30.3 Å². The molecule has 1 saturated heterocycles. The molecule has 1 atom stereocenters. The van der Waals surface area contributed by atoms with E-state index in [0.717, 1.165) is 4.90 Å². The highest BCUT2D eigenvalue weighted by molar-refractivity contribution is 6.10. The molecule has 0 spiro atoms. The third-order valence-electron chi connectivity index (χ3n) is 3.96. The minimum Gasteiger partial charge on any atom is -0.338 e. The maximum atomic E-state index is 12.9. The SMILES string of the molecule is CCCC1(c2ccccc2)NC(=O)N(CC(=O)NC(=O)NCC)C1=O. The zero-order valence-electron chi connectivity index (χ0n) is 14.3. The topological polar surface area (TPSA) is 108 Å². The Morgan fingerprint density at radius 1 is 1.16 bits per heavy atom. The lowest BCUT2D eigenvalue weighted by molar-refractivity contribution is -0.135. The van der Waals surface area contributed by atoms with E-state index in [4.69, 9.17) is 0 Å². The Balaban J connectivity index is 2.20. The van der Waals surface area contributed by atoms with Crippen molar-refractivity contribution in [2.24, 2.45) is 0 Å². The number of hydrogen-bond donors (Lipinski definition) is 3. The summed E-state index contributed by atoms with van der Waals surface area (Å²) in [5.74, 6) is -1.22. The van der Waals surface area contributed by atoms with Crippen molar-refractivity contribution in [1.82, 2.24) is 20.9 Å². The molecule has 1 aliphatic heterocycles. The van der Waals surface area contributed by atoms with Gasteiger partial charge in [-0.05, 0) is 18.9 Å². The van der Waals surface area contributed by atoms with Gasteiger partial charge in [-0.3, -0.25) is 19.8 Å². The number of urea groups is 2. The van der Waals surface area contributed by atoms with E-state index in [1.807, 2.05) is 13.0 Å². The molecule has 1 fully saturated rings. The van der Waals surface area contributed by atoms with Crippen molar-refractivity contribution >= 4 is 23.9 Å². The smallest absolute Gasteiger partial charge is 0.325 e. The molecule has 0 bridgehead atoms. The van der Waals surface area contributed by atoms with Crippen molar-refractivity contribution < 1.29 is 19.2 Å². The summed E-state index contributed by atoms with van der Waals surface area (Å²) in [4.78, 5) is 49.4. The monoisotopic (exact) mass is 346 g/mol. The molecule has 0 saturated carbocycles. The fourth-order valence-electron chi connectivity index (χ4n) is 2.89. The van der Waals surface area contributed by atoms with Crippen LogP contribution in [-0.4, -0.2) is 41.9 Å². The molecule has 3 N–H and O–H groups in total. The normalized spacial score (nSPS) is 19.5. The molecule has 0 radical (unpaired) electrons. The van der Waals surface area contributed by atoms with Gasteiger partial charge in [-0.1, -0.05) is 43.7 Å². The van der Waals surface area contributed by atoms with Gasteiger partial charge in [0.1, 0.15) is 12.1 Å². The average molecular weight is 346 g/mol. The minimum absolute atomic E-state index is 0.357. The highest BCUT2D eigenvalue weighted by atomic mass is 16.2. The summed E-state index contributed by atoms with van der Waals surface area (Å²) >= 11 is 0. The van der Waals surface area contributed by atoms with Crippen LogP contribution < -0.4 is 16.0 Å². The maximum absolute atomic E-state index is 12.9. The molecule has 134 valence electrons. The molecule has 1 aromatic rings. The summed E-state index contributed by atoms with van der Waals surface area (Å²) in [5, 5.41) is 7.22. The van der Waals surface area contributed by atoms with Gasteiger partial charge >= 0.3 is 12.1 Å². The Kier molecular flexibility index (Phi) is 5.74. The Morgan fingerprint density at radius 2 is 1.84 bits per heavy atom. The molecule has 2 rings (SSSR count). The van der Waals surface area contributed by atoms with E-state index in [2.05, 4.69) is 16.0 Å². The van der Waals surface area contributed by atoms with Gasteiger partial charge in [0, 0.05) is 6.54 Å². The summed E-state index contributed by atoms with van der Waals surface area (Å²) in [6.45, 7) is 3.46. The maximum Gasteiger partial charge on any atom is 0.325 e. The molecule has 1 heterocycles. The van der Waals surface area contributed by atoms with Crippen LogP contribution in [0, 0.1) is 0 Å². The first kappa shape index (κ1) is 18.4. The van der Waals surface area contributed by atoms with Gasteiger partial charge in [0.2, 0.25) is 5.91 Å². The number of benzene rings is 1. The van der Waals surface area contributed by atoms with Crippen molar-refractivity contribution in [2.75, 3.05) is 13.1 Å². The highest BCUT2D eigenvalue weighted by Crippen LogP contribution is 2.33. The summed E-state index contributed by atoms with van der Waals surface area (Å²) in [6, 6.07) is 7.63. The molecule has 6 amide bonds. The third-order valence-corrected chi connectivity index (χ3v) is 3.96. The highest BCUT2D eigenvalue weighted by Gasteiger charge is 2.52. The standard InChI is InChI=1S/C17H22N4O4/c1-3-10-17(12-8-6-5-7-9-12)14(23)21(16(25)20-17)11-13(22)19-15(24)18-4-2/h5-9H,3-4,10-11H2,1-2H3,(H,20,25)(H2,18,19,22,24). The minimum atomic E-state index is -1.18. The molecule has 8 nitrogen and oxygen atoms in total. The second kappa shape index (κ2) is 7.78. The first-order chi connectivity index (χ1) is 11.9. The fourth-order valence-corrected chi connectivity index (χ4v) is 2.89. The average Bonchev–Trinajstić information content (AvgIpc) is 2.81. The largest absolute Gasteiger partial charge is 0.338 e. The zero-order chi connectivity index (χ0) is 18.4. The van der Waals surface area contributed by atoms with Gasteiger partial charge < -0.3 is 10.6 Å². The molecular formula is C17H22N4O4. The lowest BCUT2D eigenvalue weighted by Gasteiger charge is -2.26. The predicted molar refractivity (Wildman–Crippen MR) is 90.5 cm³/mol. The van der Waals surface area contributed by atoms with Gasteiger partial charge in [-0.25, -0.2) is 9.59 Å². The van der Waals surface area contributed by atoms with Crippen molar-refractivity contribution in [2.45, 2.75) is 32.2 Å². The predicted octanol–water partition coefficient (Wildman–Crippen LogP) is 1.08. The van der Waals surface area contributed by atoms with Gasteiger partial charge in [0.15, 0.2) is 0 Å². The van der Waals surface area contributed by atoms with Gasteiger partial charge in [-0.15, -0.1) is 0 Å². The third kappa shape index (κ3) is 3.78. The van der Waals surface area contributed by atoms with Crippen LogP contribution in [0.2, 0.25) is 0 Å². The molecule has 1 aromatic carbocycles. The van der Waals surface area contributed by atoms with E-state index in [9.17, 15) is 19.2 Å². The van der Waals surface area contributed by atoms with Gasteiger partial charge in [0.25, 0.3) is 5.91 Å². The number of carbonyl (C=O) groups excluding carboxylic acids is 4. The molecule has 8 heteroatoms. The van der Waals surface area contributed by atoms with E-state index in [1.54, 1.807) is 31.2 Å². The summed E-state index contributed by atoms with van der Waals surface area (Å²) in [5.41, 5.74) is -0.513. The van der Waals surface area contributed by atoms with E-state index in [1.165, 1.54) is 0 Å². The van der Waals surface area contributed by atoms with Crippen LogP contribution in [0.4, 0.5) is 9.59 Å². The van der Waals surface area contributed by atoms with Crippen LogP contribution >= 0.6 is 0 Å². The first-order valence-corrected chi connectivity index (χ1v) is 8.22. The molecule has 25 heavy (non-hydrogen) atoms. The van der Waals surface area contributed by atoms with Crippen LogP contribution in [0.1, 0.15) is 32.3 Å². The summed E-state index contributed by atoms with van der Waals surface area (Å²) in [7, 11) is 0. The van der Waals surface area contributed by atoms with Crippen molar-refractivity contribution in [3.05, 3.63) is 35.9 Å². The lowest BCUT2D eigenvalue weighted by Crippen LogP contribution is -2.47. The number of nitrogens with one attached hydrogen (secondary N) is 3. The quantitative estimate of drug-likeness (QED) is 0.670. The molecular weight excluding hydrogens is 324 g/mol. The zero-order valence-corrected chi connectivity index (χ0v) is 14.3. The number of nitrogens with zero attached hydrogens (tertiary/aromatic N) is 1. The van der Waals surface area contributed by atoms with Crippen molar-refractivity contribution in [1.29, 1.82) is 0 Å². The summed E-state index contributed by atoms with van der Waals surface area (Å²) in [6.07, 6.45) is 1.08. The second-order valence-corrected chi connectivity index (χ2v) is 5.75. The Hall–Kier alpha value is -2.90. The second-order valence-electron chi connectivity index (χ2n) is 5.75. The van der Waals surface area contributed by atoms with Crippen LogP contribution in [-0.2, 0) is 15.1 Å². The number of amides is 6. The van der Waals surface area contributed by atoms with Crippen molar-refractivity contribution in [3.8, 4) is 0 Å². The Bertz CT molecular complexity index is 676. The van der Waals surface area contributed by atoms with Gasteiger partial charge in [-0.2, -0.15) is 0 Å². The molecule has 1 aliphatic rings. The molecule has 1 unspecified atom stereocenters. The molecule has 0 aliphatic carbocycles. The number of carbonyl (C=O) groups is 4. The Labute approximate surface area is 145 Å². The van der Waals surface area contributed by atoms with E-state index < -0.39 is 36.0 Å². The van der Waals surface area contributed by atoms with E-state index >= 15 is 0 Å². The van der Waals surface area contributed by atoms with Gasteiger partial charge in [0.05, 0.1) is 0 Å². The number of hydrogen-bond acceptors (Lipinski definition) is 4. The van der Waals surface area contributed by atoms with Crippen molar-refractivity contribution in [3.63, 3.8) is 0 Å². The lowest BCUT2D eigenvalue weighted by atomic mass is 9.85. The van der Waals surface area contributed by atoms with E-state index in [0.29, 0.717) is 24.9 Å². The Morgan fingerprint density at radius 3 is 2.44 bits per heavy atom.